The van der Waals surface area contributed by atoms with Crippen LogP contribution in [0.15, 0.2) is 54.7 Å². The van der Waals surface area contributed by atoms with Gasteiger partial charge < -0.3 is 10.3 Å². The Morgan fingerprint density at radius 1 is 1.15 bits per heavy atom. The highest BCUT2D eigenvalue weighted by Crippen LogP contribution is 2.33. The minimum absolute atomic E-state index is 0.0402. The molecule has 0 spiro atoms. The van der Waals surface area contributed by atoms with Crippen molar-refractivity contribution in [2.75, 3.05) is 0 Å². The molecule has 6 heteroatoms. The molecule has 134 valence electrons. The van der Waals surface area contributed by atoms with Crippen molar-refractivity contribution in [1.29, 1.82) is 0 Å². The van der Waals surface area contributed by atoms with E-state index >= 15 is 0 Å². The molecular weight excluding hydrogens is 330 g/mol. The second-order valence-electron chi connectivity index (χ2n) is 7.37. The minimum atomic E-state index is -0.462. The number of carbonyl (C=O) groups is 1. The normalized spacial score (nSPS) is 12.7. The summed E-state index contributed by atoms with van der Waals surface area (Å²) in [6.07, 6.45) is 1.59. The summed E-state index contributed by atoms with van der Waals surface area (Å²) in [4.78, 5) is 26.5. The summed E-state index contributed by atoms with van der Waals surface area (Å²) in [5.74, 6) is -0.263. The number of hydrogen-bond donors (Lipinski definition) is 2. The Morgan fingerprint density at radius 2 is 1.85 bits per heavy atom. The van der Waals surface area contributed by atoms with Crippen LogP contribution in [0.2, 0.25) is 0 Å². The summed E-state index contributed by atoms with van der Waals surface area (Å²) in [6, 6.07) is 14.0. The standard InChI is InChI=1S/C20H21N3O3/c1-20(2,3)18(13-7-5-4-6-8-13)22-19(24)16-12-21-17-10-9-14(23(25)26)11-15(16)17/h4-12,18,21H,1-3H3,(H,22,24). The van der Waals surface area contributed by atoms with Crippen LogP contribution in [-0.2, 0) is 0 Å². The molecule has 0 bridgehead atoms. The third kappa shape index (κ3) is 3.44. The number of H-pyrrole nitrogens is 1. The summed E-state index contributed by atoms with van der Waals surface area (Å²) in [7, 11) is 0. The number of nitrogens with zero attached hydrogens (tertiary/aromatic N) is 1. The van der Waals surface area contributed by atoms with E-state index in [9.17, 15) is 14.9 Å². The topological polar surface area (TPSA) is 88.0 Å². The molecule has 3 aromatic rings. The van der Waals surface area contributed by atoms with E-state index in [1.807, 2.05) is 30.3 Å². The molecule has 0 saturated heterocycles. The first-order valence-corrected chi connectivity index (χ1v) is 8.38. The molecule has 0 aliphatic rings. The lowest BCUT2D eigenvalue weighted by Crippen LogP contribution is -2.36. The zero-order chi connectivity index (χ0) is 18.9. The number of carbonyl (C=O) groups excluding carboxylic acids is 1. The van der Waals surface area contributed by atoms with Crippen molar-refractivity contribution in [3.8, 4) is 0 Å². The van der Waals surface area contributed by atoms with Crippen molar-refractivity contribution in [2.45, 2.75) is 26.8 Å². The smallest absolute Gasteiger partial charge is 0.270 e. The first-order valence-electron chi connectivity index (χ1n) is 8.38. The first-order chi connectivity index (χ1) is 12.3. The Hall–Kier alpha value is -3.15. The van der Waals surface area contributed by atoms with Crippen LogP contribution in [0, 0.1) is 15.5 Å². The van der Waals surface area contributed by atoms with Crippen LogP contribution in [0.25, 0.3) is 10.9 Å². The van der Waals surface area contributed by atoms with Crippen LogP contribution in [-0.4, -0.2) is 15.8 Å². The van der Waals surface area contributed by atoms with E-state index in [1.54, 1.807) is 12.3 Å². The maximum absolute atomic E-state index is 12.9. The number of fused-ring (bicyclic) bond motifs is 1. The van der Waals surface area contributed by atoms with Gasteiger partial charge >= 0.3 is 0 Å². The number of hydrogen-bond acceptors (Lipinski definition) is 3. The highest BCUT2D eigenvalue weighted by atomic mass is 16.6. The van der Waals surface area contributed by atoms with Crippen molar-refractivity contribution in [3.63, 3.8) is 0 Å². The lowest BCUT2D eigenvalue weighted by atomic mass is 9.82. The number of aromatic nitrogens is 1. The van der Waals surface area contributed by atoms with E-state index < -0.39 is 4.92 Å². The molecule has 3 rings (SSSR count). The second-order valence-corrected chi connectivity index (χ2v) is 7.37. The van der Waals surface area contributed by atoms with E-state index in [0.717, 1.165) is 5.56 Å². The van der Waals surface area contributed by atoms with Gasteiger partial charge in [0.1, 0.15) is 0 Å². The summed E-state index contributed by atoms with van der Waals surface area (Å²) in [6.45, 7) is 6.18. The Labute approximate surface area is 151 Å². The van der Waals surface area contributed by atoms with E-state index in [-0.39, 0.29) is 23.1 Å². The van der Waals surface area contributed by atoms with Crippen LogP contribution in [0.3, 0.4) is 0 Å². The number of nitro groups is 1. The van der Waals surface area contributed by atoms with Gasteiger partial charge in [-0.25, -0.2) is 0 Å². The number of amides is 1. The summed E-state index contributed by atoms with van der Waals surface area (Å²) >= 11 is 0. The summed E-state index contributed by atoms with van der Waals surface area (Å²) in [5.41, 5.74) is 1.86. The van der Waals surface area contributed by atoms with Gasteiger partial charge in [0.25, 0.3) is 11.6 Å². The number of nitro benzene ring substituents is 1. The van der Waals surface area contributed by atoms with Crippen LogP contribution in [0.5, 0.6) is 0 Å². The van der Waals surface area contributed by atoms with Gasteiger partial charge in [-0.15, -0.1) is 0 Å². The molecule has 0 radical (unpaired) electrons. The molecule has 0 fully saturated rings. The van der Waals surface area contributed by atoms with Crippen LogP contribution in [0.4, 0.5) is 5.69 Å². The van der Waals surface area contributed by atoms with Crippen LogP contribution in [0.1, 0.15) is 42.7 Å². The van der Waals surface area contributed by atoms with Crippen LogP contribution >= 0.6 is 0 Å². The van der Waals surface area contributed by atoms with Gasteiger partial charge in [0.2, 0.25) is 0 Å². The quantitative estimate of drug-likeness (QED) is 0.532. The Balaban J connectivity index is 1.97. The molecule has 1 amide bonds. The highest BCUT2D eigenvalue weighted by molar-refractivity contribution is 6.07. The maximum atomic E-state index is 12.9. The monoisotopic (exact) mass is 351 g/mol. The fourth-order valence-electron chi connectivity index (χ4n) is 3.06. The van der Waals surface area contributed by atoms with Gasteiger partial charge in [-0.1, -0.05) is 51.1 Å². The third-order valence-corrected chi connectivity index (χ3v) is 4.40. The van der Waals surface area contributed by atoms with Crippen molar-refractivity contribution < 1.29 is 9.72 Å². The molecule has 1 heterocycles. The molecule has 2 N–H and O–H groups in total. The Morgan fingerprint density at radius 3 is 2.46 bits per heavy atom. The van der Waals surface area contributed by atoms with Gasteiger partial charge in [-0.05, 0) is 17.0 Å². The number of nitrogens with one attached hydrogen (secondary N) is 2. The van der Waals surface area contributed by atoms with E-state index in [4.69, 9.17) is 0 Å². The maximum Gasteiger partial charge on any atom is 0.270 e. The predicted octanol–water partition coefficient (Wildman–Crippen LogP) is 4.59. The van der Waals surface area contributed by atoms with E-state index in [1.165, 1.54) is 12.1 Å². The molecule has 0 aliphatic carbocycles. The molecule has 6 nitrogen and oxygen atoms in total. The Bertz CT molecular complexity index is 955. The molecular formula is C20H21N3O3. The fraction of sp³-hybridized carbons (Fsp3) is 0.250. The van der Waals surface area contributed by atoms with Gasteiger partial charge in [-0.3, -0.25) is 14.9 Å². The highest BCUT2D eigenvalue weighted by Gasteiger charge is 2.29. The number of aromatic amines is 1. The number of benzene rings is 2. The molecule has 0 saturated carbocycles. The zero-order valence-corrected chi connectivity index (χ0v) is 14.9. The van der Waals surface area contributed by atoms with Crippen molar-refractivity contribution in [2.24, 2.45) is 5.41 Å². The zero-order valence-electron chi connectivity index (χ0n) is 14.9. The van der Waals surface area contributed by atoms with Crippen molar-refractivity contribution in [1.82, 2.24) is 10.3 Å². The average Bonchev–Trinajstić information content (AvgIpc) is 3.02. The molecule has 1 atom stereocenters. The second kappa shape index (κ2) is 6.63. The predicted molar refractivity (Wildman–Crippen MR) is 101 cm³/mol. The van der Waals surface area contributed by atoms with Crippen molar-refractivity contribution in [3.05, 3.63) is 76.0 Å². The average molecular weight is 351 g/mol. The van der Waals surface area contributed by atoms with Crippen LogP contribution < -0.4 is 5.32 Å². The molecule has 1 unspecified atom stereocenters. The molecule has 0 aliphatic heterocycles. The molecule has 1 aromatic heterocycles. The van der Waals surface area contributed by atoms with Gasteiger partial charge in [0, 0.05) is 29.2 Å². The van der Waals surface area contributed by atoms with E-state index in [0.29, 0.717) is 16.5 Å². The fourth-order valence-corrected chi connectivity index (χ4v) is 3.06. The third-order valence-electron chi connectivity index (χ3n) is 4.40. The van der Waals surface area contributed by atoms with Gasteiger partial charge in [0.15, 0.2) is 0 Å². The van der Waals surface area contributed by atoms with Gasteiger partial charge in [0.05, 0.1) is 16.5 Å². The van der Waals surface area contributed by atoms with Crippen molar-refractivity contribution >= 4 is 22.5 Å². The van der Waals surface area contributed by atoms with Gasteiger partial charge in [-0.2, -0.15) is 0 Å². The summed E-state index contributed by atoms with van der Waals surface area (Å²) in [5, 5.41) is 14.7. The largest absolute Gasteiger partial charge is 0.360 e. The first kappa shape index (κ1) is 17.7. The lowest BCUT2D eigenvalue weighted by Gasteiger charge is -2.32. The molecule has 26 heavy (non-hydrogen) atoms. The Kier molecular flexibility index (Phi) is 4.50. The summed E-state index contributed by atoms with van der Waals surface area (Å²) < 4.78 is 0. The van der Waals surface area contributed by atoms with E-state index in [2.05, 4.69) is 31.1 Å². The number of rotatable bonds is 4. The lowest BCUT2D eigenvalue weighted by molar-refractivity contribution is -0.384. The molecule has 2 aromatic carbocycles. The number of non-ortho nitro benzene ring substituents is 1. The SMILES string of the molecule is CC(C)(C)C(NC(=O)c1c[nH]c2ccc([N+](=O)[O-])cc12)c1ccccc1. The minimum Gasteiger partial charge on any atom is -0.360 e.